The van der Waals surface area contributed by atoms with Gasteiger partial charge in [0.15, 0.2) is 29.6 Å². The Morgan fingerprint density at radius 2 is 1.80 bits per heavy atom. The van der Waals surface area contributed by atoms with Crippen molar-refractivity contribution in [1.29, 1.82) is 0 Å². The standard InChI is InChI=1S/C24H31NO5/c1-6-27-19-12-11-17(13-21(19)28-7-2)16(3)25-22(26)15-29-20-10-8-9-18-14-24(4,5)30-23(18)20/h8-13,16H,6-7,14-15H2,1-5H3,(H,25,26)/t16-/m0/s1. The quantitative estimate of drug-likeness (QED) is 0.658. The van der Waals surface area contributed by atoms with Gasteiger partial charge in [-0.15, -0.1) is 0 Å². The molecule has 1 N–H and O–H groups in total. The van der Waals surface area contributed by atoms with Gasteiger partial charge in [0.25, 0.3) is 5.91 Å². The van der Waals surface area contributed by atoms with Crippen LogP contribution in [0.1, 0.15) is 51.8 Å². The van der Waals surface area contributed by atoms with E-state index in [1.807, 2.05) is 71.0 Å². The maximum atomic E-state index is 12.5. The van der Waals surface area contributed by atoms with Crippen LogP contribution in [0.2, 0.25) is 0 Å². The fourth-order valence-corrected chi connectivity index (χ4v) is 3.55. The Bertz CT molecular complexity index is 893. The van der Waals surface area contributed by atoms with E-state index in [9.17, 15) is 4.79 Å². The van der Waals surface area contributed by atoms with Gasteiger partial charge in [-0.3, -0.25) is 4.79 Å². The summed E-state index contributed by atoms with van der Waals surface area (Å²) in [5, 5.41) is 2.97. The van der Waals surface area contributed by atoms with Crippen LogP contribution < -0.4 is 24.3 Å². The molecule has 0 radical (unpaired) electrons. The zero-order valence-electron chi connectivity index (χ0n) is 18.4. The maximum Gasteiger partial charge on any atom is 0.258 e. The van der Waals surface area contributed by atoms with Gasteiger partial charge in [-0.25, -0.2) is 0 Å². The third-order valence-corrected chi connectivity index (χ3v) is 4.86. The Morgan fingerprint density at radius 3 is 2.53 bits per heavy atom. The molecule has 6 nitrogen and oxygen atoms in total. The van der Waals surface area contributed by atoms with E-state index in [0.717, 1.165) is 23.3 Å². The average Bonchev–Trinajstić information content (AvgIpc) is 3.02. The summed E-state index contributed by atoms with van der Waals surface area (Å²) in [7, 11) is 0. The van der Waals surface area contributed by atoms with Crippen LogP contribution >= 0.6 is 0 Å². The van der Waals surface area contributed by atoms with E-state index in [1.54, 1.807) is 0 Å². The molecule has 0 unspecified atom stereocenters. The van der Waals surface area contributed by atoms with Crippen LogP contribution in [0.25, 0.3) is 0 Å². The second-order valence-electron chi connectivity index (χ2n) is 7.93. The Kier molecular flexibility index (Phi) is 6.75. The minimum atomic E-state index is -0.259. The highest BCUT2D eigenvalue weighted by Crippen LogP contribution is 2.41. The monoisotopic (exact) mass is 413 g/mol. The number of para-hydroxylation sites is 1. The number of carbonyl (C=O) groups excluding carboxylic acids is 1. The number of hydrogen-bond donors (Lipinski definition) is 1. The van der Waals surface area contributed by atoms with Crippen molar-refractivity contribution in [3.63, 3.8) is 0 Å². The molecule has 1 amide bonds. The summed E-state index contributed by atoms with van der Waals surface area (Å²) < 4.78 is 23.0. The van der Waals surface area contributed by atoms with Gasteiger partial charge in [-0.2, -0.15) is 0 Å². The summed E-state index contributed by atoms with van der Waals surface area (Å²) in [5.74, 6) is 2.50. The van der Waals surface area contributed by atoms with E-state index in [0.29, 0.717) is 30.5 Å². The predicted octanol–water partition coefficient (Wildman–Crippen LogP) is 4.45. The van der Waals surface area contributed by atoms with Crippen LogP contribution in [0.4, 0.5) is 0 Å². The Morgan fingerprint density at radius 1 is 1.07 bits per heavy atom. The SMILES string of the molecule is CCOc1ccc([C@H](C)NC(=O)COc2cccc3c2OC(C)(C)C3)cc1OCC. The third-order valence-electron chi connectivity index (χ3n) is 4.86. The Balaban J connectivity index is 1.61. The van der Waals surface area contributed by atoms with Gasteiger partial charge in [0.2, 0.25) is 0 Å². The molecule has 162 valence electrons. The number of amides is 1. The first-order chi connectivity index (χ1) is 14.3. The van der Waals surface area contributed by atoms with Crippen LogP contribution in [0.3, 0.4) is 0 Å². The van der Waals surface area contributed by atoms with E-state index in [1.165, 1.54) is 0 Å². The highest BCUT2D eigenvalue weighted by atomic mass is 16.5. The minimum Gasteiger partial charge on any atom is -0.490 e. The van der Waals surface area contributed by atoms with Crippen molar-refractivity contribution in [3.05, 3.63) is 47.5 Å². The molecule has 0 bridgehead atoms. The molecule has 30 heavy (non-hydrogen) atoms. The molecule has 1 heterocycles. The summed E-state index contributed by atoms with van der Waals surface area (Å²) in [4.78, 5) is 12.5. The Labute approximate surface area is 178 Å². The van der Waals surface area contributed by atoms with Crippen molar-refractivity contribution in [3.8, 4) is 23.0 Å². The fraction of sp³-hybridized carbons (Fsp3) is 0.458. The number of ether oxygens (including phenoxy) is 4. The van der Waals surface area contributed by atoms with Crippen molar-refractivity contribution in [2.75, 3.05) is 19.8 Å². The first-order valence-electron chi connectivity index (χ1n) is 10.5. The number of nitrogens with one attached hydrogen (secondary N) is 1. The fourth-order valence-electron chi connectivity index (χ4n) is 3.55. The third kappa shape index (κ3) is 5.17. The predicted molar refractivity (Wildman–Crippen MR) is 116 cm³/mol. The van der Waals surface area contributed by atoms with Gasteiger partial charge >= 0.3 is 0 Å². The normalized spacial score (nSPS) is 15.0. The molecule has 0 saturated carbocycles. The average molecular weight is 414 g/mol. The van der Waals surface area contributed by atoms with Crippen molar-refractivity contribution >= 4 is 5.91 Å². The smallest absolute Gasteiger partial charge is 0.258 e. The van der Waals surface area contributed by atoms with Crippen LogP contribution in [0, 0.1) is 0 Å². The van der Waals surface area contributed by atoms with Crippen molar-refractivity contribution in [2.24, 2.45) is 0 Å². The lowest BCUT2D eigenvalue weighted by molar-refractivity contribution is -0.123. The molecule has 0 fully saturated rings. The second kappa shape index (κ2) is 9.28. The van der Waals surface area contributed by atoms with E-state index in [2.05, 4.69) is 5.32 Å². The first-order valence-corrected chi connectivity index (χ1v) is 10.5. The summed E-state index contributed by atoms with van der Waals surface area (Å²) in [6, 6.07) is 11.3. The van der Waals surface area contributed by atoms with Gasteiger partial charge in [0.1, 0.15) is 5.60 Å². The highest BCUT2D eigenvalue weighted by Gasteiger charge is 2.32. The van der Waals surface area contributed by atoms with E-state index < -0.39 is 0 Å². The van der Waals surface area contributed by atoms with Gasteiger partial charge < -0.3 is 24.3 Å². The molecule has 3 rings (SSSR count). The molecule has 6 heteroatoms. The number of carbonyl (C=O) groups is 1. The van der Waals surface area contributed by atoms with Crippen LogP contribution in [0.5, 0.6) is 23.0 Å². The molecule has 0 saturated heterocycles. The summed E-state index contributed by atoms with van der Waals surface area (Å²) in [5.41, 5.74) is 1.77. The molecule has 2 aromatic rings. The maximum absolute atomic E-state index is 12.5. The lowest BCUT2D eigenvalue weighted by Crippen LogP contribution is -2.31. The molecular weight excluding hydrogens is 382 g/mol. The number of hydrogen-bond acceptors (Lipinski definition) is 5. The zero-order chi connectivity index (χ0) is 21.7. The van der Waals surface area contributed by atoms with Gasteiger partial charge in [-0.05, 0) is 58.4 Å². The summed E-state index contributed by atoms with van der Waals surface area (Å²) in [6.07, 6.45) is 0.822. The number of fused-ring (bicyclic) bond motifs is 1. The number of rotatable bonds is 9. The van der Waals surface area contributed by atoms with Gasteiger partial charge in [0, 0.05) is 12.0 Å². The van der Waals surface area contributed by atoms with Crippen molar-refractivity contribution < 1.29 is 23.7 Å². The highest BCUT2D eigenvalue weighted by molar-refractivity contribution is 5.78. The molecular formula is C24H31NO5. The minimum absolute atomic E-state index is 0.0834. The molecule has 1 aliphatic rings. The summed E-state index contributed by atoms with van der Waals surface area (Å²) >= 11 is 0. The topological polar surface area (TPSA) is 66.0 Å². The second-order valence-corrected chi connectivity index (χ2v) is 7.93. The zero-order valence-corrected chi connectivity index (χ0v) is 18.4. The Hall–Kier alpha value is -2.89. The van der Waals surface area contributed by atoms with Gasteiger partial charge in [-0.1, -0.05) is 18.2 Å². The largest absolute Gasteiger partial charge is 0.490 e. The molecule has 0 aliphatic carbocycles. The van der Waals surface area contributed by atoms with Crippen molar-refractivity contribution in [1.82, 2.24) is 5.32 Å². The molecule has 1 aliphatic heterocycles. The van der Waals surface area contributed by atoms with Gasteiger partial charge in [0.05, 0.1) is 19.3 Å². The van der Waals surface area contributed by atoms with E-state index in [-0.39, 0.29) is 24.2 Å². The van der Waals surface area contributed by atoms with Crippen LogP contribution in [0.15, 0.2) is 36.4 Å². The summed E-state index contributed by atoms with van der Waals surface area (Å²) in [6.45, 7) is 10.9. The lowest BCUT2D eigenvalue weighted by atomic mass is 10.0. The van der Waals surface area contributed by atoms with E-state index >= 15 is 0 Å². The number of benzene rings is 2. The van der Waals surface area contributed by atoms with Crippen LogP contribution in [-0.2, 0) is 11.2 Å². The molecule has 2 aromatic carbocycles. The lowest BCUT2D eigenvalue weighted by Gasteiger charge is -2.19. The van der Waals surface area contributed by atoms with Crippen molar-refractivity contribution in [2.45, 2.75) is 52.7 Å². The molecule has 0 spiro atoms. The van der Waals surface area contributed by atoms with E-state index in [4.69, 9.17) is 18.9 Å². The van der Waals surface area contributed by atoms with Crippen LogP contribution in [-0.4, -0.2) is 31.3 Å². The first kappa shape index (κ1) is 21.8. The molecule has 0 aromatic heterocycles. The molecule has 1 atom stereocenters.